The van der Waals surface area contributed by atoms with Crippen LogP contribution >= 0.6 is 0 Å². The maximum absolute atomic E-state index is 17.4. The van der Waals surface area contributed by atoms with Gasteiger partial charge in [0.05, 0.1) is 16.4 Å². The molecule has 0 amide bonds. The molecule has 0 heterocycles. The predicted molar refractivity (Wildman–Crippen MR) is 146 cm³/mol. The highest BCUT2D eigenvalue weighted by molar-refractivity contribution is 8.04. The summed E-state index contributed by atoms with van der Waals surface area (Å²) in [4.78, 5) is 12.2. The molecule has 0 radical (unpaired) electrons. The fourth-order valence-electron chi connectivity index (χ4n) is 3.87. The van der Waals surface area contributed by atoms with E-state index in [1.165, 1.54) is 55.5 Å². The molecule has 0 aliphatic heterocycles. The van der Waals surface area contributed by atoms with Crippen molar-refractivity contribution in [2.75, 3.05) is 6.61 Å². The van der Waals surface area contributed by atoms with Crippen molar-refractivity contribution in [1.29, 1.82) is 0 Å². The first kappa shape index (κ1) is 28.9. The molecule has 0 spiro atoms. The highest BCUT2D eigenvalue weighted by Crippen LogP contribution is 2.41. The lowest BCUT2D eigenvalue weighted by Gasteiger charge is -2.34. The molecule has 1 unspecified atom stereocenters. The summed E-state index contributed by atoms with van der Waals surface area (Å²) in [7, 11) is -10.4. The molecular formula is C29H26FNO7S2. The van der Waals surface area contributed by atoms with E-state index in [1.54, 1.807) is 0 Å². The average molecular weight is 584 g/mol. The molecule has 1 atom stereocenters. The van der Waals surface area contributed by atoms with Gasteiger partial charge in [0.1, 0.15) is 12.4 Å². The number of alkyl halides is 1. The molecular weight excluding hydrogens is 557 g/mol. The molecule has 4 aromatic carbocycles. The summed E-state index contributed by atoms with van der Waals surface area (Å²) in [5.41, 5.74) is 0.282. The van der Waals surface area contributed by atoms with E-state index in [0.29, 0.717) is 0 Å². The summed E-state index contributed by atoms with van der Waals surface area (Å²) in [5.74, 6) is -5.24. The summed E-state index contributed by atoms with van der Waals surface area (Å²) in [6.45, 7) is 1.24. The Bertz CT molecular complexity index is 1580. The number of benzene rings is 4. The van der Waals surface area contributed by atoms with Gasteiger partial charge in [0.25, 0.3) is 20.0 Å². The Balaban J connectivity index is 1.87. The number of esters is 1. The number of hydrogen-bond acceptors (Lipinski definition) is 7. The first-order chi connectivity index (χ1) is 19.1. The van der Waals surface area contributed by atoms with Crippen molar-refractivity contribution in [2.24, 2.45) is 0 Å². The van der Waals surface area contributed by atoms with Crippen molar-refractivity contribution >= 4 is 26.0 Å². The van der Waals surface area contributed by atoms with Crippen LogP contribution in [0.5, 0.6) is 5.75 Å². The number of carbonyl (C=O) groups is 1. The van der Waals surface area contributed by atoms with Gasteiger partial charge in [-0.3, -0.25) is 0 Å². The Morgan fingerprint density at radius 1 is 0.725 bits per heavy atom. The minimum atomic E-state index is -5.19. The van der Waals surface area contributed by atoms with Gasteiger partial charge < -0.3 is 9.47 Å². The van der Waals surface area contributed by atoms with Crippen LogP contribution in [0.1, 0.15) is 18.1 Å². The van der Waals surface area contributed by atoms with Crippen LogP contribution in [-0.2, 0) is 42.0 Å². The molecule has 0 bridgehead atoms. The monoisotopic (exact) mass is 583 g/mol. The van der Waals surface area contributed by atoms with Gasteiger partial charge in [-0.2, -0.15) is 0 Å². The Labute approximate surface area is 232 Å². The fourth-order valence-corrected chi connectivity index (χ4v) is 7.83. The van der Waals surface area contributed by atoms with E-state index < -0.39 is 50.9 Å². The molecule has 0 N–H and O–H groups in total. The molecule has 0 saturated heterocycles. The lowest BCUT2D eigenvalue weighted by molar-refractivity contribution is -0.164. The van der Waals surface area contributed by atoms with Gasteiger partial charge in [0.2, 0.25) is 0 Å². The largest absolute Gasteiger partial charge is 0.489 e. The second kappa shape index (κ2) is 12.0. The zero-order valence-electron chi connectivity index (χ0n) is 21.4. The van der Waals surface area contributed by atoms with Crippen LogP contribution in [0.15, 0.2) is 125 Å². The molecule has 8 nitrogen and oxygen atoms in total. The van der Waals surface area contributed by atoms with Gasteiger partial charge in [0, 0.05) is 5.56 Å². The van der Waals surface area contributed by atoms with Crippen LogP contribution in [0.2, 0.25) is 0 Å². The third-order valence-corrected chi connectivity index (χ3v) is 10.1. The number of hydrogen-bond donors (Lipinski definition) is 0. The summed E-state index contributed by atoms with van der Waals surface area (Å²) in [6.07, 6.45) is 0. The number of carbonyl (C=O) groups excluding carboxylic acids is 1. The normalized spacial score (nSPS) is 13.4. The molecule has 208 valence electrons. The highest BCUT2D eigenvalue weighted by Gasteiger charge is 2.60. The van der Waals surface area contributed by atoms with Crippen molar-refractivity contribution < 1.29 is 35.5 Å². The highest BCUT2D eigenvalue weighted by atomic mass is 32.3. The van der Waals surface area contributed by atoms with Gasteiger partial charge >= 0.3 is 11.8 Å². The van der Waals surface area contributed by atoms with Gasteiger partial charge in [-0.05, 0) is 52.6 Å². The number of ether oxygens (including phenoxy) is 2. The standard InChI is InChI=1S/C29H26FNO7S2/c1-2-37-28(32)29(30,24-18-20-25(21-19-24)38-22-23-12-6-3-7-13-23)31(39(33,34)26-14-8-4-9-15-26)40(35,36)27-16-10-5-11-17-27/h3-21H,2,22H2,1H3. The van der Waals surface area contributed by atoms with Crippen LogP contribution in [0.4, 0.5) is 4.39 Å². The number of sulfonamides is 2. The van der Waals surface area contributed by atoms with Crippen LogP contribution < -0.4 is 4.74 Å². The van der Waals surface area contributed by atoms with Crippen LogP contribution in [0.25, 0.3) is 0 Å². The zero-order valence-corrected chi connectivity index (χ0v) is 23.0. The molecule has 11 heteroatoms. The maximum atomic E-state index is 17.4. The van der Waals surface area contributed by atoms with E-state index >= 15 is 4.39 Å². The molecule has 40 heavy (non-hydrogen) atoms. The van der Waals surface area contributed by atoms with Gasteiger partial charge in [-0.25, -0.2) is 26.0 Å². The minimum absolute atomic E-state index is 0.190. The summed E-state index contributed by atoms with van der Waals surface area (Å²) in [5, 5.41) is 0. The third kappa shape index (κ3) is 5.76. The van der Waals surface area contributed by atoms with E-state index in [9.17, 15) is 21.6 Å². The Morgan fingerprint density at radius 2 is 1.18 bits per heavy atom. The first-order valence-corrected chi connectivity index (χ1v) is 15.0. The van der Waals surface area contributed by atoms with Crippen LogP contribution in [-0.4, -0.2) is 33.1 Å². The van der Waals surface area contributed by atoms with Crippen LogP contribution in [0.3, 0.4) is 0 Å². The SMILES string of the molecule is CCOC(=O)C(F)(c1ccc(OCc2ccccc2)cc1)N(S(=O)(=O)c1ccccc1)S(=O)(=O)c1ccccc1. The van der Waals surface area contributed by atoms with E-state index in [-0.39, 0.29) is 19.0 Å². The fraction of sp³-hybridized carbons (Fsp3) is 0.138. The van der Waals surface area contributed by atoms with Crippen molar-refractivity contribution in [3.8, 4) is 5.75 Å². The smallest absolute Gasteiger partial charge is 0.366 e. The topological polar surface area (TPSA) is 107 Å². The van der Waals surface area contributed by atoms with Crippen molar-refractivity contribution in [1.82, 2.24) is 3.71 Å². The Morgan fingerprint density at radius 3 is 1.62 bits per heavy atom. The lowest BCUT2D eigenvalue weighted by atomic mass is 10.1. The van der Waals surface area contributed by atoms with Crippen molar-refractivity contribution in [2.45, 2.75) is 29.1 Å². The predicted octanol–water partition coefficient (Wildman–Crippen LogP) is 5.03. The first-order valence-electron chi connectivity index (χ1n) is 12.2. The van der Waals surface area contributed by atoms with E-state index in [0.717, 1.165) is 42.0 Å². The van der Waals surface area contributed by atoms with E-state index in [2.05, 4.69) is 0 Å². The Hall–Kier alpha value is -4.06. The van der Waals surface area contributed by atoms with Crippen molar-refractivity contribution in [3.63, 3.8) is 0 Å². The quantitative estimate of drug-likeness (QED) is 0.180. The van der Waals surface area contributed by atoms with Crippen LogP contribution in [0, 0.1) is 0 Å². The average Bonchev–Trinajstić information content (AvgIpc) is 2.97. The summed E-state index contributed by atoms with van der Waals surface area (Å²) < 4.78 is 83.1. The molecule has 4 rings (SSSR count). The van der Waals surface area contributed by atoms with E-state index in [4.69, 9.17) is 9.47 Å². The molecule has 0 saturated carbocycles. The maximum Gasteiger partial charge on any atom is 0.366 e. The zero-order chi connectivity index (χ0) is 28.8. The molecule has 4 aromatic rings. The number of halogens is 1. The minimum Gasteiger partial charge on any atom is -0.489 e. The third-order valence-electron chi connectivity index (χ3n) is 5.80. The number of rotatable bonds is 11. The number of nitrogens with zero attached hydrogens (tertiary/aromatic N) is 1. The second-order valence-corrected chi connectivity index (χ2v) is 12.3. The molecule has 0 fully saturated rings. The van der Waals surface area contributed by atoms with E-state index in [1.807, 2.05) is 30.3 Å². The molecule has 0 aliphatic carbocycles. The summed E-state index contributed by atoms with van der Waals surface area (Å²) >= 11 is 0. The molecule has 0 aliphatic rings. The molecule has 0 aromatic heterocycles. The van der Waals surface area contributed by atoms with Gasteiger partial charge in [0.15, 0.2) is 0 Å². The second-order valence-electron chi connectivity index (χ2n) is 8.47. The Kier molecular flexibility index (Phi) is 8.67. The van der Waals surface area contributed by atoms with Crippen molar-refractivity contribution in [3.05, 3.63) is 126 Å². The van der Waals surface area contributed by atoms with Gasteiger partial charge in [-0.1, -0.05) is 78.9 Å². The lowest BCUT2D eigenvalue weighted by Crippen LogP contribution is -2.54. The van der Waals surface area contributed by atoms with Gasteiger partial charge in [-0.15, -0.1) is 0 Å². The summed E-state index contributed by atoms with van der Waals surface area (Å²) in [6, 6.07) is 26.9.